The van der Waals surface area contributed by atoms with Crippen LogP contribution >= 0.6 is 0 Å². The van der Waals surface area contributed by atoms with Gasteiger partial charge >= 0.3 is 0 Å². The smallest absolute Gasteiger partial charge is 0.124 e. The monoisotopic (exact) mass is 196 g/mol. The molecule has 1 aliphatic rings. The first-order chi connectivity index (χ1) is 6.95. The predicted molar refractivity (Wildman–Crippen MR) is 51.8 cm³/mol. The highest BCUT2D eigenvalue weighted by Crippen LogP contribution is 2.14. The van der Waals surface area contributed by atoms with Gasteiger partial charge in [-0.05, 0) is 25.8 Å². The molecule has 4 heteroatoms. The van der Waals surface area contributed by atoms with Gasteiger partial charge in [-0.2, -0.15) is 0 Å². The van der Waals surface area contributed by atoms with Gasteiger partial charge in [-0.25, -0.2) is 0 Å². The van der Waals surface area contributed by atoms with Crippen LogP contribution in [0.3, 0.4) is 0 Å². The van der Waals surface area contributed by atoms with E-state index in [1.54, 1.807) is 6.26 Å². The number of nitrogens with zero attached hydrogens (tertiary/aromatic N) is 1. The Bertz CT molecular complexity index is 243. The lowest BCUT2D eigenvalue weighted by atomic mass is 10.2. The van der Waals surface area contributed by atoms with Gasteiger partial charge in [0.1, 0.15) is 6.26 Å². The highest BCUT2D eigenvalue weighted by Gasteiger charge is 2.14. The zero-order chi connectivity index (χ0) is 9.64. The third-order valence-corrected chi connectivity index (χ3v) is 2.46. The van der Waals surface area contributed by atoms with Gasteiger partial charge in [0, 0.05) is 19.2 Å². The zero-order valence-electron chi connectivity index (χ0n) is 8.24. The molecule has 1 saturated heterocycles. The highest BCUT2D eigenvalue weighted by atomic mass is 16.5. The lowest BCUT2D eigenvalue weighted by molar-refractivity contribution is 0.104. The van der Waals surface area contributed by atoms with Crippen molar-refractivity contribution in [3.63, 3.8) is 0 Å². The van der Waals surface area contributed by atoms with Crippen LogP contribution in [0, 0.1) is 0 Å². The molecule has 1 unspecified atom stereocenters. The number of aromatic nitrogens is 1. The summed E-state index contributed by atoms with van der Waals surface area (Å²) in [5.74, 6) is 0. The van der Waals surface area contributed by atoms with Crippen molar-refractivity contribution in [1.29, 1.82) is 0 Å². The molecule has 0 saturated carbocycles. The second-order valence-corrected chi connectivity index (χ2v) is 3.59. The minimum atomic E-state index is 0.472. The van der Waals surface area contributed by atoms with Crippen molar-refractivity contribution in [3.05, 3.63) is 18.0 Å². The van der Waals surface area contributed by atoms with E-state index in [0.29, 0.717) is 6.10 Å². The van der Waals surface area contributed by atoms with E-state index in [-0.39, 0.29) is 0 Å². The molecule has 1 N–H and O–H groups in total. The SMILES string of the molecule is c1cc(CNCCC2CCCO2)no1. The molecule has 0 amide bonds. The predicted octanol–water partition coefficient (Wildman–Crippen LogP) is 1.33. The van der Waals surface area contributed by atoms with Crippen molar-refractivity contribution >= 4 is 0 Å². The van der Waals surface area contributed by atoms with Crippen molar-refractivity contribution < 1.29 is 9.26 Å². The summed E-state index contributed by atoms with van der Waals surface area (Å²) in [6.45, 7) is 2.70. The summed E-state index contributed by atoms with van der Waals surface area (Å²) in [4.78, 5) is 0. The highest BCUT2D eigenvalue weighted by molar-refractivity contribution is 4.94. The molecule has 0 spiro atoms. The Labute approximate surface area is 83.6 Å². The summed E-state index contributed by atoms with van der Waals surface area (Å²) in [6, 6.07) is 1.87. The minimum absolute atomic E-state index is 0.472. The quantitative estimate of drug-likeness (QED) is 0.722. The van der Waals surface area contributed by atoms with E-state index >= 15 is 0 Å². The number of nitrogens with one attached hydrogen (secondary N) is 1. The second-order valence-electron chi connectivity index (χ2n) is 3.59. The molecule has 14 heavy (non-hydrogen) atoms. The Hall–Kier alpha value is -0.870. The Balaban J connectivity index is 1.55. The molecule has 0 radical (unpaired) electrons. The second kappa shape index (κ2) is 5.12. The Kier molecular flexibility index (Phi) is 3.54. The molecule has 0 bridgehead atoms. The lowest BCUT2D eigenvalue weighted by Crippen LogP contribution is -2.19. The summed E-state index contributed by atoms with van der Waals surface area (Å²) in [7, 11) is 0. The third-order valence-electron chi connectivity index (χ3n) is 2.46. The van der Waals surface area contributed by atoms with Crippen LogP contribution in [-0.2, 0) is 11.3 Å². The van der Waals surface area contributed by atoms with E-state index in [9.17, 15) is 0 Å². The number of hydrogen-bond donors (Lipinski definition) is 1. The number of ether oxygens (including phenoxy) is 1. The standard InChI is InChI=1S/C10H16N2O2/c1-2-10(13-6-1)3-5-11-8-9-4-7-14-12-9/h4,7,10-11H,1-3,5-6,8H2. The Morgan fingerprint density at radius 3 is 3.29 bits per heavy atom. The van der Waals surface area contributed by atoms with Crippen LogP contribution in [0.4, 0.5) is 0 Å². The molecule has 1 fully saturated rings. The zero-order valence-corrected chi connectivity index (χ0v) is 8.24. The third kappa shape index (κ3) is 2.82. The van der Waals surface area contributed by atoms with Gasteiger partial charge in [0.2, 0.25) is 0 Å². The van der Waals surface area contributed by atoms with E-state index in [2.05, 4.69) is 10.5 Å². The van der Waals surface area contributed by atoms with E-state index in [4.69, 9.17) is 9.26 Å². The first kappa shape index (κ1) is 9.68. The summed E-state index contributed by atoms with van der Waals surface area (Å²) in [6.07, 6.45) is 5.59. The first-order valence-corrected chi connectivity index (χ1v) is 5.17. The van der Waals surface area contributed by atoms with E-state index < -0.39 is 0 Å². The average Bonchev–Trinajstić information content (AvgIpc) is 2.86. The lowest BCUT2D eigenvalue weighted by Gasteiger charge is -2.08. The fourth-order valence-electron chi connectivity index (χ4n) is 1.68. The summed E-state index contributed by atoms with van der Waals surface area (Å²) >= 11 is 0. The van der Waals surface area contributed by atoms with Gasteiger partial charge in [0.25, 0.3) is 0 Å². The fourth-order valence-corrected chi connectivity index (χ4v) is 1.68. The van der Waals surface area contributed by atoms with Crippen molar-refractivity contribution in [2.24, 2.45) is 0 Å². The maximum Gasteiger partial charge on any atom is 0.124 e. The topological polar surface area (TPSA) is 47.3 Å². The van der Waals surface area contributed by atoms with Crippen LogP contribution in [-0.4, -0.2) is 24.4 Å². The van der Waals surface area contributed by atoms with Gasteiger partial charge in [-0.3, -0.25) is 0 Å². The van der Waals surface area contributed by atoms with Gasteiger partial charge in [0.15, 0.2) is 0 Å². The van der Waals surface area contributed by atoms with Crippen molar-refractivity contribution in [3.8, 4) is 0 Å². The average molecular weight is 196 g/mol. The summed E-state index contributed by atoms with van der Waals surface area (Å²) in [5.41, 5.74) is 0.956. The maximum absolute atomic E-state index is 5.52. The first-order valence-electron chi connectivity index (χ1n) is 5.17. The molecule has 1 atom stereocenters. The molecular weight excluding hydrogens is 180 g/mol. The minimum Gasteiger partial charge on any atom is -0.378 e. The Morgan fingerprint density at radius 2 is 2.57 bits per heavy atom. The fraction of sp³-hybridized carbons (Fsp3) is 0.700. The van der Waals surface area contributed by atoms with Crippen molar-refractivity contribution in [2.75, 3.05) is 13.2 Å². The number of hydrogen-bond acceptors (Lipinski definition) is 4. The van der Waals surface area contributed by atoms with Crippen LogP contribution in [0.5, 0.6) is 0 Å². The molecule has 0 aromatic carbocycles. The normalized spacial score (nSPS) is 21.6. The van der Waals surface area contributed by atoms with Crippen LogP contribution in [0.15, 0.2) is 16.9 Å². The molecule has 78 valence electrons. The van der Waals surface area contributed by atoms with E-state index in [1.807, 2.05) is 6.07 Å². The van der Waals surface area contributed by atoms with Crippen LogP contribution in [0.1, 0.15) is 25.0 Å². The molecule has 1 aromatic rings. The molecule has 2 heterocycles. The Morgan fingerprint density at radius 1 is 1.57 bits per heavy atom. The molecule has 1 aliphatic heterocycles. The van der Waals surface area contributed by atoms with Gasteiger partial charge in [-0.15, -0.1) is 0 Å². The molecule has 4 nitrogen and oxygen atoms in total. The summed E-state index contributed by atoms with van der Waals surface area (Å²) in [5, 5.41) is 7.13. The molecular formula is C10H16N2O2. The summed E-state index contributed by atoms with van der Waals surface area (Å²) < 4.78 is 10.2. The van der Waals surface area contributed by atoms with E-state index in [1.165, 1.54) is 12.8 Å². The van der Waals surface area contributed by atoms with Crippen molar-refractivity contribution in [1.82, 2.24) is 10.5 Å². The van der Waals surface area contributed by atoms with Crippen LogP contribution in [0.2, 0.25) is 0 Å². The van der Waals surface area contributed by atoms with E-state index in [0.717, 1.165) is 31.8 Å². The molecule has 0 aliphatic carbocycles. The molecule has 1 aromatic heterocycles. The van der Waals surface area contributed by atoms with Gasteiger partial charge < -0.3 is 14.6 Å². The van der Waals surface area contributed by atoms with Crippen LogP contribution < -0.4 is 5.32 Å². The van der Waals surface area contributed by atoms with Gasteiger partial charge in [-0.1, -0.05) is 5.16 Å². The largest absolute Gasteiger partial charge is 0.378 e. The van der Waals surface area contributed by atoms with Crippen LogP contribution in [0.25, 0.3) is 0 Å². The van der Waals surface area contributed by atoms with Crippen molar-refractivity contribution in [2.45, 2.75) is 31.9 Å². The molecule has 2 rings (SSSR count). The maximum atomic E-state index is 5.52. The van der Waals surface area contributed by atoms with Gasteiger partial charge in [0.05, 0.1) is 11.8 Å². The number of rotatable bonds is 5.